The molecule has 12 heavy (non-hydrogen) atoms. The Hall–Kier alpha value is -1.10. The minimum Gasteiger partial charge on any atom is -0.461 e. The van der Waals surface area contributed by atoms with Crippen LogP contribution in [-0.2, 0) is 19.1 Å². The van der Waals surface area contributed by atoms with E-state index in [4.69, 9.17) is 5.11 Å². The number of hydrogen-bond acceptors (Lipinski definition) is 5. The third kappa shape index (κ3) is 2.20. The van der Waals surface area contributed by atoms with Gasteiger partial charge in [-0.15, -0.1) is 0 Å². The van der Waals surface area contributed by atoms with Crippen molar-refractivity contribution in [3.63, 3.8) is 0 Å². The topological polar surface area (TPSA) is 72.8 Å². The highest BCUT2D eigenvalue weighted by Gasteiger charge is 2.30. The van der Waals surface area contributed by atoms with Gasteiger partial charge in [0.05, 0.1) is 6.61 Å². The van der Waals surface area contributed by atoms with Crippen LogP contribution in [-0.4, -0.2) is 36.4 Å². The molecule has 1 heterocycles. The summed E-state index contributed by atoms with van der Waals surface area (Å²) in [4.78, 5) is 21.5. The fourth-order valence-electron chi connectivity index (χ4n) is 0.931. The number of carbonyl (C=O) groups excluding carboxylic acids is 2. The lowest BCUT2D eigenvalue weighted by molar-refractivity contribution is -0.162. The van der Waals surface area contributed by atoms with Gasteiger partial charge in [0.1, 0.15) is 6.61 Å². The van der Waals surface area contributed by atoms with Gasteiger partial charge < -0.3 is 14.6 Å². The molecular formula is C7H10O5. The van der Waals surface area contributed by atoms with Gasteiger partial charge in [-0.2, -0.15) is 0 Å². The van der Waals surface area contributed by atoms with E-state index in [9.17, 15) is 9.59 Å². The largest absolute Gasteiger partial charge is 0.461 e. The number of aliphatic hydroxyl groups excluding tert-OH is 1. The molecule has 0 aromatic carbocycles. The molecule has 1 atom stereocenters. The Kier molecular flexibility index (Phi) is 3.04. The molecule has 1 aliphatic heterocycles. The molecule has 5 heteroatoms. The van der Waals surface area contributed by atoms with E-state index in [1.54, 1.807) is 0 Å². The first kappa shape index (κ1) is 8.99. The van der Waals surface area contributed by atoms with Gasteiger partial charge in [0, 0.05) is 12.8 Å². The van der Waals surface area contributed by atoms with Crippen LogP contribution in [0.3, 0.4) is 0 Å². The zero-order chi connectivity index (χ0) is 8.97. The van der Waals surface area contributed by atoms with Gasteiger partial charge in [-0.3, -0.25) is 4.79 Å². The summed E-state index contributed by atoms with van der Waals surface area (Å²) in [6.45, 7) is -0.265. The Morgan fingerprint density at radius 1 is 1.75 bits per heavy atom. The maximum absolute atomic E-state index is 10.9. The van der Waals surface area contributed by atoms with Crippen molar-refractivity contribution in [1.29, 1.82) is 0 Å². The second-order valence-electron chi connectivity index (χ2n) is 2.41. The van der Waals surface area contributed by atoms with Crippen molar-refractivity contribution in [3.8, 4) is 0 Å². The van der Waals surface area contributed by atoms with Crippen molar-refractivity contribution in [1.82, 2.24) is 0 Å². The van der Waals surface area contributed by atoms with E-state index in [0.717, 1.165) is 0 Å². The molecule has 5 nitrogen and oxygen atoms in total. The molecule has 1 N–H and O–H groups in total. The van der Waals surface area contributed by atoms with Gasteiger partial charge in [-0.1, -0.05) is 0 Å². The maximum atomic E-state index is 10.9. The monoisotopic (exact) mass is 174 g/mol. The lowest BCUT2D eigenvalue weighted by Crippen LogP contribution is -2.23. The van der Waals surface area contributed by atoms with Crippen LogP contribution < -0.4 is 0 Å². The van der Waals surface area contributed by atoms with Gasteiger partial charge in [0.25, 0.3) is 0 Å². The number of hydrogen-bond donors (Lipinski definition) is 1. The summed E-state index contributed by atoms with van der Waals surface area (Å²) in [6.07, 6.45) is -0.119. The lowest BCUT2D eigenvalue weighted by atomic mass is 10.2. The normalized spacial score (nSPS) is 22.1. The van der Waals surface area contributed by atoms with Gasteiger partial charge in [0.2, 0.25) is 0 Å². The fraction of sp³-hybridized carbons (Fsp3) is 0.714. The van der Waals surface area contributed by atoms with Crippen molar-refractivity contribution in [2.75, 3.05) is 13.2 Å². The average Bonchev–Trinajstić information content (AvgIpc) is 2.47. The van der Waals surface area contributed by atoms with Crippen LogP contribution >= 0.6 is 0 Å². The number of cyclic esters (lactones) is 1. The maximum Gasteiger partial charge on any atom is 0.347 e. The van der Waals surface area contributed by atoms with Crippen LogP contribution in [0.25, 0.3) is 0 Å². The lowest BCUT2D eigenvalue weighted by Gasteiger charge is -2.07. The highest BCUT2D eigenvalue weighted by molar-refractivity contribution is 5.82. The van der Waals surface area contributed by atoms with Crippen LogP contribution in [0.5, 0.6) is 0 Å². The van der Waals surface area contributed by atoms with Crippen molar-refractivity contribution in [2.45, 2.75) is 18.9 Å². The summed E-state index contributed by atoms with van der Waals surface area (Å²) < 4.78 is 9.18. The second-order valence-corrected chi connectivity index (χ2v) is 2.41. The standard InChI is InChI=1S/C7H10O5/c8-3-4-11-7(10)5-1-2-6(9)12-5/h5,8H,1-4H2. The van der Waals surface area contributed by atoms with Gasteiger partial charge in [-0.05, 0) is 0 Å². The number of carbonyl (C=O) groups is 2. The van der Waals surface area contributed by atoms with E-state index in [-0.39, 0.29) is 25.6 Å². The van der Waals surface area contributed by atoms with E-state index < -0.39 is 12.1 Å². The number of rotatable bonds is 3. The zero-order valence-electron chi connectivity index (χ0n) is 6.49. The van der Waals surface area contributed by atoms with Crippen LogP contribution in [0.4, 0.5) is 0 Å². The van der Waals surface area contributed by atoms with E-state index in [0.29, 0.717) is 6.42 Å². The molecule has 0 aliphatic carbocycles. The van der Waals surface area contributed by atoms with Crippen molar-refractivity contribution >= 4 is 11.9 Å². The zero-order valence-corrected chi connectivity index (χ0v) is 6.49. The van der Waals surface area contributed by atoms with E-state index in [2.05, 4.69) is 9.47 Å². The quantitative estimate of drug-likeness (QED) is 0.568. The van der Waals surface area contributed by atoms with Crippen molar-refractivity contribution < 1.29 is 24.2 Å². The number of esters is 2. The molecule has 0 bridgehead atoms. The molecule has 0 amide bonds. The van der Waals surface area contributed by atoms with E-state index >= 15 is 0 Å². The molecule has 1 saturated heterocycles. The first-order chi connectivity index (χ1) is 5.74. The third-order valence-electron chi connectivity index (χ3n) is 1.48. The van der Waals surface area contributed by atoms with Crippen LogP contribution in [0, 0.1) is 0 Å². The molecule has 1 fully saturated rings. The van der Waals surface area contributed by atoms with Crippen molar-refractivity contribution in [3.05, 3.63) is 0 Å². The minimum absolute atomic E-state index is 0.0487. The summed E-state index contributed by atoms with van der Waals surface area (Å²) in [5, 5.41) is 8.32. The highest BCUT2D eigenvalue weighted by Crippen LogP contribution is 2.14. The second kappa shape index (κ2) is 4.06. The van der Waals surface area contributed by atoms with Crippen LogP contribution in [0.15, 0.2) is 0 Å². The Bertz CT molecular complexity index is 188. The minimum atomic E-state index is -0.760. The molecule has 1 rings (SSSR count). The van der Waals surface area contributed by atoms with Crippen LogP contribution in [0.1, 0.15) is 12.8 Å². The number of ether oxygens (including phenoxy) is 2. The van der Waals surface area contributed by atoms with Gasteiger partial charge in [-0.25, -0.2) is 4.79 Å². The van der Waals surface area contributed by atoms with E-state index in [1.165, 1.54) is 0 Å². The summed E-state index contributed by atoms with van der Waals surface area (Å²) in [7, 11) is 0. The molecule has 1 aliphatic rings. The first-order valence-corrected chi connectivity index (χ1v) is 3.71. The molecule has 0 radical (unpaired) electrons. The predicted octanol–water partition coefficient (Wildman–Crippen LogP) is -0.773. The van der Waals surface area contributed by atoms with Gasteiger partial charge >= 0.3 is 11.9 Å². The predicted molar refractivity (Wildman–Crippen MR) is 37.2 cm³/mol. The Morgan fingerprint density at radius 2 is 2.50 bits per heavy atom. The molecule has 0 aromatic rings. The third-order valence-corrected chi connectivity index (χ3v) is 1.48. The SMILES string of the molecule is O=C1CCC(C(=O)OCCO)O1. The number of aliphatic hydroxyl groups is 1. The summed E-state index contributed by atoms with van der Waals surface area (Å²) in [5.41, 5.74) is 0. The smallest absolute Gasteiger partial charge is 0.347 e. The molecular weight excluding hydrogens is 164 g/mol. The van der Waals surface area contributed by atoms with Crippen molar-refractivity contribution in [2.24, 2.45) is 0 Å². The molecule has 0 saturated carbocycles. The summed E-state index contributed by atoms with van der Waals surface area (Å²) in [5.74, 6) is -0.948. The Morgan fingerprint density at radius 3 is 3.00 bits per heavy atom. The molecule has 68 valence electrons. The highest BCUT2D eigenvalue weighted by atomic mass is 16.6. The van der Waals surface area contributed by atoms with E-state index in [1.807, 2.05) is 0 Å². The average molecular weight is 174 g/mol. The Balaban J connectivity index is 2.28. The Labute approximate surface area is 69.3 Å². The van der Waals surface area contributed by atoms with Gasteiger partial charge in [0.15, 0.2) is 6.10 Å². The summed E-state index contributed by atoms with van der Waals surface area (Å²) >= 11 is 0. The molecule has 0 spiro atoms. The summed E-state index contributed by atoms with van der Waals surface area (Å²) in [6, 6.07) is 0. The fourth-order valence-corrected chi connectivity index (χ4v) is 0.931. The molecule has 0 aromatic heterocycles. The molecule has 1 unspecified atom stereocenters. The van der Waals surface area contributed by atoms with Crippen LogP contribution in [0.2, 0.25) is 0 Å². The first-order valence-electron chi connectivity index (χ1n) is 3.71.